The van der Waals surface area contributed by atoms with Crippen molar-refractivity contribution in [3.63, 3.8) is 0 Å². The van der Waals surface area contributed by atoms with Gasteiger partial charge in [0.2, 0.25) is 0 Å². The maximum absolute atomic E-state index is 13.1. The van der Waals surface area contributed by atoms with Gasteiger partial charge in [-0.3, -0.25) is 0 Å². The van der Waals surface area contributed by atoms with Crippen LogP contribution in [0.2, 0.25) is 0 Å². The molecule has 0 radical (unpaired) electrons. The number of hydrogen-bond acceptors (Lipinski definition) is 0. The predicted molar refractivity (Wildman–Crippen MR) is 77.5 cm³/mol. The molecule has 0 saturated carbocycles. The minimum absolute atomic E-state index is 0.00460. The van der Waals surface area contributed by atoms with Gasteiger partial charge in [0.1, 0.15) is 5.82 Å². The second-order valence-corrected chi connectivity index (χ2v) is 5.55. The number of aryl methyl sites for hydroxylation is 1. The summed E-state index contributed by atoms with van der Waals surface area (Å²) in [5.41, 5.74) is 2.21. The van der Waals surface area contributed by atoms with Gasteiger partial charge in [-0.1, -0.05) is 36.4 Å². The third-order valence-electron chi connectivity index (χ3n) is 2.83. The van der Waals surface area contributed by atoms with Gasteiger partial charge >= 0.3 is 0 Å². The predicted octanol–water partition coefficient (Wildman–Crippen LogP) is 5.50. The van der Waals surface area contributed by atoms with Crippen molar-refractivity contribution >= 4 is 27.5 Å². The van der Waals surface area contributed by atoms with Crippen LogP contribution in [0.1, 0.15) is 22.9 Å². The third kappa shape index (κ3) is 3.56. The summed E-state index contributed by atoms with van der Waals surface area (Å²) in [4.78, 5) is 0. The van der Waals surface area contributed by atoms with Crippen molar-refractivity contribution in [1.29, 1.82) is 0 Å². The zero-order chi connectivity index (χ0) is 13.0. The second kappa shape index (κ2) is 6.35. The maximum Gasteiger partial charge on any atom is 0.137 e. The van der Waals surface area contributed by atoms with E-state index in [1.54, 1.807) is 6.07 Å². The highest BCUT2D eigenvalue weighted by molar-refractivity contribution is 9.10. The molecule has 2 aromatic carbocycles. The van der Waals surface area contributed by atoms with Crippen LogP contribution in [-0.4, -0.2) is 0 Å². The van der Waals surface area contributed by atoms with Crippen molar-refractivity contribution in [1.82, 2.24) is 0 Å². The molecule has 0 aromatic heterocycles. The van der Waals surface area contributed by atoms with Crippen LogP contribution in [0.25, 0.3) is 0 Å². The molecule has 94 valence electrons. The van der Waals surface area contributed by atoms with Crippen LogP contribution in [0.5, 0.6) is 0 Å². The van der Waals surface area contributed by atoms with Gasteiger partial charge in [-0.25, -0.2) is 4.39 Å². The number of halogens is 3. The molecule has 2 aromatic rings. The van der Waals surface area contributed by atoms with E-state index in [9.17, 15) is 4.39 Å². The maximum atomic E-state index is 13.1. The van der Waals surface area contributed by atoms with Crippen molar-refractivity contribution in [2.45, 2.75) is 18.2 Å². The Balaban J connectivity index is 1.97. The van der Waals surface area contributed by atoms with Crippen LogP contribution in [0.15, 0.2) is 53.0 Å². The fraction of sp³-hybridized carbons (Fsp3) is 0.200. The Morgan fingerprint density at radius 1 is 1.11 bits per heavy atom. The van der Waals surface area contributed by atoms with Gasteiger partial charge < -0.3 is 0 Å². The lowest BCUT2D eigenvalue weighted by atomic mass is 10.0. The van der Waals surface area contributed by atoms with Gasteiger partial charge in [-0.15, -0.1) is 11.6 Å². The summed E-state index contributed by atoms with van der Waals surface area (Å²) in [6.07, 6.45) is 1.67. The zero-order valence-electron chi connectivity index (χ0n) is 9.74. The smallest absolute Gasteiger partial charge is 0.137 e. The molecule has 2 rings (SSSR count). The molecule has 0 N–H and O–H groups in total. The standard InChI is InChI=1S/C15H13BrClF/c16-13-10-11(7-9-15(13)18)6-8-14(17)12-4-2-1-3-5-12/h1-5,7,9-10,14H,6,8H2. The van der Waals surface area contributed by atoms with Crippen molar-refractivity contribution in [2.24, 2.45) is 0 Å². The van der Waals surface area contributed by atoms with E-state index in [0.717, 1.165) is 24.0 Å². The highest BCUT2D eigenvalue weighted by Crippen LogP contribution is 2.26. The second-order valence-electron chi connectivity index (χ2n) is 4.17. The van der Waals surface area contributed by atoms with Crippen LogP contribution < -0.4 is 0 Å². The average molecular weight is 328 g/mol. The first-order valence-corrected chi connectivity index (χ1v) is 7.02. The van der Waals surface area contributed by atoms with Crippen LogP contribution in [-0.2, 0) is 6.42 Å². The van der Waals surface area contributed by atoms with Crippen LogP contribution in [0.4, 0.5) is 4.39 Å². The van der Waals surface area contributed by atoms with E-state index in [4.69, 9.17) is 11.6 Å². The molecule has 0 aliphatic heterocycles. The van der Waals surface area contributed by atoms with Crippen molar-refractivity contribution in [3.8, 4) is 0 Å². The quantitative estimate of drug-likeness (QED) is 0.650. The van der Waals surface area contributed by atoms with E-state index in [1.807, 2.05) is 36.4 Å². The third-order valence-corrected chi connectivity index (χ3v) is 3.91. The molecule has 0 aliphatic carbocycles. The fourth-order valence-electron chi connectivity index (χ4n) is 1.82. The van der Waals surface area contributed by atoms with E-state index in [1.165, 1.54) is 6.07 Å². The molecule has 0 amide bonds. The van der Waals surface area contributed by atoms with Crippen LogP contribution in [0.3, 0.4) is 0 Å². The lowest BCUT2D eigenvalue weighted by Crippen LogP contribution is -1.94. The molecular formula is C15H13BrClF. The molecule has 3 heteroatoms. The van der Waals surface area contributed by atoms with E-state index < -0.39 is 0 Å². The minimum atomic E-state index is -0.232. The van der Waals surface area contributed by atoms with Crippen molar-refractivity contribution < 1.29 is 4.39 Å². The van der Waals surface area contributed by atoms with Gasteiger partial charge in [0.25, 0.3) is 0 Å². The topological polar surface area (TPSA) is 0 Å². The summed E-state index contributed by atoms with van der Waals surface area (Å²) in [6.45, 7) is 0. The Morgan fingerprint density at radius 3 is 2.50 bits per heavy atom. The summed E-state index contributed by atoms with van der Waals surface area (Å²) < 4.78 is 13.6. The molecule has 0 spiro atoms. The molecule has 0 aliphatic rings. The highest BCUT2D eigenvalue weighted by atomic mass is 79.9. The largest absolute Gasteiger partial charge is 0.206 e. The Kier molecular flexibility index (Phi) is 4.79. The normalized spacial score (nSPS) is 12.4. The number of hydrogen-bond donors (Lipinski definition) is 0. The SMILES string of the molecule is Fc1ccc(CCC(Cl)c2ccccc2)cc1Br. The van der Waals surface area contributed by atoms with Gasteiger partial charge in [-0.05, 0) is 52.0 Å². The van der Waals surface area contributed by atoms with E-state index in [0.29, 0.717) is 4.47 Å². The Hall–Kier alpha value is -0.860. The Morgan fingerprint density at radius 2 is 1.83 bits per heavy atom. The number of benzene rings is 2. The van der Waals surface area contributed by atoms with E-state index in [2.05, 4.69) is 15.9 Å². The lowest BCUT2D eigenvalue weighted by molar-refractivity contribution is 0.619. The first-order chi connectivity index (χ1) is 8.66. The molecule has 0 nitrogen and oxygen atoms in total. The van der Waals surface area contributed by atoms with Crippen molar-refractivity contribution in [2.75, 3.05) is 0 Å². The molecule has 0 heterocycles. The summed E-state index contributed by atoms with van der Waals surface area (Å²) in [5.74, 6) is -0.232. The first-order valence-electron chi connectivity index (χ1n) is 5.80. The van der Waals surface area contributed by atoms with Gasteiger partial charge in [0, 0.05) is 0 Å². The molecule has 0 fully saturated rings. The van der Waals surface area contributed by atoms with Gasteiger partial charge in [-0.2, -0.15) is 0 Å². The van der Waals surface area contributed by atoms with Crippen LogP contribution in [0, 0.1) is 5.82 Å². The van der Waals surface area contributed by atoms with Gasteiger partial charge in [0.05, 0.1) is 9.85 Å². The number of alkyl halides is 1. The summed E-state index contributed by atoms with van der Waals surface area (Å²) in [5, 5.41) is -0.00460. The molecule has 0 bridgehead atoms. The molecule has 18 heavy (non-hydrogen) atoms. The molecule has 0 saturated heterocycles. The monoisotopic (exact) mass is 326 g/mol. The van der Waals surface area contributed by atoms with Crippen molar-refractivity contribution in [3.05, 3.63) is 69.9 Å². The minimum Gasteiger partial charge on any atom is -0.206 e. The summed E-state index contributed by atoms with van der Waals surface area (Å²) in [7, 11) is 0. The van der Waals surface area contributed by atoms with Crippen LogP contribution >= 0.6 is 27.5 Å². The first kappa shape index (κ1) is 13.6. The summed E-state index contributed by atoms with van der Waals surface area (Å²) >= 11 is 9.53. The van der Waals surface area contributed by atoms with E-state index >= 15 is 0 Å². The highest BCUT2D eigenvalue weighted by Gasteiger charge is 2.08. The zero-order valence-corrected chi connectivity index (χ0v) is 12.1. The van der Waals surface area contributed by atoms with E-state index in [-0.39, 0.29) is 11.2 Å². The Bertz CT molecular complexity index is 513. The fourth-order valence-corrected chi connectivity index (χ4v) is 2.50. The number of rotatable bonds is 4. The molecular weight excluding hydrogens is 315 g/mol. The molecule has 1 unspecified atom stereocenters. The van der Waals surface area contributed by atoms with Gasteiger partial charge in [0.15, 0.2) is 0 Å². The summed E-state index contributed by atoms with van der Waals surface area (Å²) in [6, 6.07) is 15.1. The average Bonchev–Trinajstić information content (AvgIpc) is 2.41. The Labute approximate surface area is 120 Å². The lowest BCUT2D eigenvalue weighted by Gasteiger charge is -2.10. The molecule has 1 atom stereocenters.